The minimum atomic E-state index is 0.226. The number of aliphatic hydroxyl groups is 1. The molecule has 1 aromatic carbocycles. The Morgan fingerprint density at radius 3 is 2.57 bits per heavy atom. The van der Waals surface area contributed by atoms with E-state index in [9.17, 15) is 0 Å². The second-order valence-electron chi connectivity index (χ2n) is 3.38. The highest BCUT2D eigenvalue weighted by molar-refractivity contribution is 9.10. The van der Waals surface area contributed by atoms with Gasteiger partial charge in [0.15, 0.2) is 0 Å². The molecule has 1 N–H and O–H groups in total. The molecule has 0 radical (unpaired) electrons. The Kier molecular flexibility index (Phi) is 4.98. The summed E-state index contributed by atoms with van der Waals surface area (Å²) in [6.07, 6.45) is 0.882. The van der Waals surface area contributed by atoms with Crippen molar-refractivity contribution in [1.82, 2.24) is 0 Å². The topological polar surface area (TPSA) is 29.5 Å². The van der Waals surface area contributed by atoms with Crippen LogP contribution in [0.1, 0.15) is 13.3 Å². The third kappa shape index (κ3) is 4.11. The summed E-state index contributed by atoms with van der Waals surface area (Å²) in [5, 5.41) is 8.81. The second-order valence-corrected chi connectivity index (χ2v) is 4.29. The van der Waals surface area contributed by atoms with E-state index in [0.717, 1.165) is 16.6 Å². The molecule has 0 heterocycles. The van der Waals surface area contributed by atoms with E-state index in [1.807, 2.05) is 31.2 Å². The van der Waals surface area contributed by atoms with E-state index in [-0.39, 0.29) is 6.61 Å². The van der Waals surface area contributed by atoms with Gasteiger partial charge in [-0.2, -0.15) is 0 Å². The number of aliphatic hydroxyl groups excluding tert-OH is 1. The van der Waals surface area contributed by atoms with Crippen molar-refractivity contribution in [3.8, 4) is 5.75 Å². The molecule has 1 unspecified atom stereocenters. The molecule has 0 aliphatic rings. The number of halogens is 1. The first-order valence-corrected chi connectivity index (χ1v) is 5.51. The monoisotopic (exact) mass is 258 g/mol. The van der Waals surface area contributed by atoms with Gasteiger partial charge in [-0.05, 0) is 36.6 Å². The smallest absolute Gasteiger partial charge is 0.119 e. The Bertz CT molecular complexity index is 258. The van der Waals surface area contributed by atoms with E-state index >= 15 is 0 Å². The van der Waals surface area contributed by atoms with Crippen LogP contribution in [0.5, 0.6) is 5.75 Å². The first kappa shape index (κ1) is 11.5. The third-order valence-electron chi connectivity index (χ3n) is 2.00. The molecule has 0 saturated heterocycles. The summed E-state index contributed by atoms with van der Waals surface area (Å²) in [5.74, 6) is 1.18. The Morgan fingerprint density at radius 2 is 2.00 bits per heavy atom. The molecule has 3 heteroatoms. The van der Waals surface area contributed by atoms with E-state index in [1.54, 1.807) is 0 Å². The molecule has 0 aliphatic heterocycles. The molecular formula is C11H15BrO2. The van der Waals surface area contributed by atoms with E-state index in [4.69, 9.17) is 9.84 Å². The molecular weight excluding hydrogens is 244 g/mol. The summed E-state index contributed by atoms with van der Waals surface area (Å²) in [7, 11) is 0. The summed E-state index contributed by atoms with van der Waals surface area (Å²) in [4.78, 5) is 0. The summed E-state index contributed by atoms with van der Waals surface area (Å²) >= 11 is 3.36. The van der Waals surface area contributed by atoms with Crippen LogP contribution in [0.2, 0.25) is 0 Å². The van der Waals surface area contributed by atoms with Crippen LogP contribution in [0.25, 0.3) is 0 Å². The molecule has 0 fully saturated rings. The minimum absolute atomic E-state index is 0.226. The van der Waals surface area contributed by atoms with Crippen molar-refractivity contribution in [1.29, 1.82) is 0 Å². The van der Waals surface area contributed by atoms with Gasteiger partial charge < -0.3 is 9.84 Å². The molecule has 78 valence electrons. The Morgan fingerprint density at radius 1 is 1.36 bits per heavy atom. The van der Waals surface area contributed by atoms with Crippen molar-refractivity contribution < 1.29 is 9.84 Å². The van der Waals surface area contributed by atoms with Gasteiger partial charge in [-0.15, -0.1) is 0 Å². The van der Waals surface area contributed by atoms with Crippen molar-refractivity contribution in [3.05, 3.63) is 28.7 Å². The van der Waals surface area contributed by atoms with Gasteiger partial charge >= 0.3 is 0 Å². The summed E-state index contributed by atoms with van der Waals surface area (Å²) < 4.78 is 6.55. The lowest BCUT2D eigenvalue weighted by Gasteiger charge is -2.09. The standard InChI is InChI=1S/C11H15BrO2/c1-9(8-13)6-7-14-11-4-2-10(12)3-5-11/h2-5,9,13H,6-8H2,1H3. The largest absolute Gasteiger partial charge is 0.494 e. The molecule has 0 amide bonds. The molecule has 0 bridgehead atoms. The van der Waals surface area contributed by atoms with Crippen LogP contribution in [0.3, 0.4) is 0 Å². The molecule has 14 heavy (non-hydrogen) atoms. The summed E-state index contributed by atoms with van der Waals surface area (Å²) in [5.41, 5.74) is 0. The van der Waals surface area contributed by atoms with Gasteiger partial charge in [0, 0.05) is 11.1 Å². The van der Waals surface area contributed by atoms with Crippen molar-refractivity contribution in [2.24, 2.45) is 5.92 Å². The first-order valence-electron chi connectivity index (χ1n) is 4.71. The Labute approximate surface area is 93.0 Å². The molecule has 1 aromatic rings. The average molecular weight is 259 g/mol. The quantitative estimate of drug-likeness (QED) is 0.881. The van der Waals surface area contributed by atoms with Crippen LogP contribution < -0.4 is 4.74 Å². The zero-order valence-corrected chi connectivity index (χ0v) is 9.83. The molecule has 1 atom stereocenters. The van der Waals surface area contributed by atoms with Gasteiger partial charge in [0.25, 0.3) is 0 Å². The van der Waals surface area contributed by atoms with Crippen LogP contribution in [0, 0.1) is 5.92 Å². The minimum Gasteiger partial charge on any atom is -0.494 e. The Balaban J connectivity index is 2.28. The first-order chi connectivity index (χ1) is 6.72. The van der Waals surface area contributed by atoms with Gasteiger partial charge in [-0.3, -0.25) is 0 Å². The predicted octanol–water partition coefficient (Wildman–Crippen LogP) is 2.85. The van der Waals surface area contributed by atoms with Gasteiger partial charge in [0.2, 0.25) is 0 Å². The maximum atomic E-state index is 8.81. The lowest BCUT2D eigenvalue weighted by atomic mass is 10.1. The molecule has 0 aromatic heterocycles. The molecule has 1 rings (SSSR count). The van der Waals surface area contributed by atoms with Gasteiger partial charge in [-0.25, -0.2) is 0 Å². The van der Waals surface area contributed by atoms with Crippen molar-refractivity contribution in [3.63, 3.8) is 0 Å². The molecule has 0 saturated carbocycles. The number of ether oxygens (including phenoxy) is 1. The maximum Gasteiger partial charge on any atom is 0.119 e. The van der Waals surface area contributed by atoms with Crippen LogP contribution in [0.4, 0.5) is 0 Å². The van der Waals surface area contributed by atoms with Gasteiger partial charge in [-0.1, -0.05) is 22.9 Å². The fraction of sp³-hybridized carbons (Fsp3) is 0.455. The average Bonchev–Trinajstić information content (AvgIpc) is 2.21. The zero-order valence-electron chi connectivity index (χ0n) is 8.24. The second kappa shape index (κ2) is 6.04. The molecule has 0 aliphatic carbocycles. The van der Waals surface area contributed by atoms with Crippen LogP contribution in [0.15, 0.2) is 28.7 Å². The fourth-order valence-electron chi connectivity index (χ4n) is 1.00. The van der Waals surface area contributed by atoms with Gasteiger partial charge in [0.05, 0.1) is 6.61 Å². The lowest BCUT2D eigenvalue weighted by molar-refractivity contribution is 0.202. The summed E-state index contributed by atoms with van der Waals surface area (Å²) in [6, 6.07) is 7.75. The third-order valence-corrected chi connectivity index (χ3v) is 2.53. The van der Waals surface area contributed by atoms with Crippen molar-refractivity contribution in [2.45, 2.75) is 13.3 Å². The number of benzene rings is 1. The predicted molar refractivity (Wildman–Crippen MR) is 60.5 cm³/mol. The fourth-order valence-corrected chi connectivity index (χ4v) is 1.26. The Hall–Kier alpha value is -0.540. The van der Waals surface area contributed by atoms with E-state index in [0.29, 0.717) is 12.5 Å². The van der Waals surface area contributed by atoms with Crippen LogP contribution in [-0.4, -0.2) is 18.3 Å². The molecule has 2 nitrogen and oxygen atoms in total. The zero-order chi connectivity index (χ0) is 10.4. The van der Waals surface area contributed by atoms with Crippen LogP contribution in [-0.2, 0) is 0 Å². The van der Waals surface area contributed by atoms with E-state index in [2.05, 4.69) is 15.9 Å². The maximum absolute atomic E-state index is 8.81. The van der Waals surface area contributed by atoms with E-state index < -0.39 is 0 Å². The highest BCUT2D eigenvalue weighted by Gasteiger charge is 2.00. The number of rotatable bonds is 5. The molecule has 0 spiro atoms. The highest BCUT2D eigenvalue weighted by Crippen LogP contribution is 2.16. The van der Waals surface area contributed by atoms with Crippen LogP contribution >= 0.6 is 15.9 Å². The van der Waals surface area contributed by atoms with Gasteiger partial charge in [0.1, 0.15) is 5.75 Å². The van der Waals surface area contributed by atoms with Crippen molar-refractivity contribution in [2.75, 3.05) is 13.2 Å². The van der Waals surface area contributed by atoms with E-state index in [1.165, 1.54) is 0 Å². The van der Waals surface area contributed by atoms with Crippen molar-refractivity contribution >= 4 is 15.9 Å². The highest BCUT2D eigenvalue weighted by atomic mass is 79.9. The summed E-state index contributed by atoms with van der Waals surface area (Å²) in [6.45, 7) is 2.89. The lowest BCUT2D eigenvalue weighted by Crippen LogP contribution is -2.07. The number of hydrogen-bond donors (Lipinski definition) is 1. The SMILES string of the molecule is CC(CO)CCOc1ccc(Br)cc1. The normalized spacial score (nSPS) is 12.5. The number of hydrogen-bond acceptors (Lipinski definition) is 2.